The van der Waals surface area contributed by atoms with E-state index in [-0.39, 0.29) is 23.9 Å². The summed E-state index contributed by atoms with van der Waals surface area (Å²) in [5.41, 5.74) is 12.0. The minimum atomic E-state index is -0.994. The highest BCUT2D eigenvalue weighted by molar-refractivity contribution is 6.31. The molecule has 1 aromatic carbocycles. The standard InChI is InChI=1S/C22H26ClN5O4/c23-14-3-4-16-13(8-14)10-17(20(25)30)28(16)18(7-11-1-2-11)22(32)27-15(19(24)29)9-12-5-6-26-21(12)31/h3-4,8,10-12,15,18H,1-2,5-7,9H2,(H2,24,29)(H2,25,30)(H,26,31)(H,27,32)/t12-,15-,18-/m0/s1. The number of rotatable bonds is 9. The fourth-order valence-corrected chi connectivity index (χ4v) is 4.58. The molecule has 0 spiro atoms. The van der Waals surface area contributed by atoms with Crippen molar-refractivity contribution >= 4 is 46.1 Å². The molecule has 0 radical (unpaired) electrons. The number of nitrogens with zero attached hydrogens (tertiary/aromatic N) is 1. The van der Waals surface area contributed by atoms with Crippen LogP contribution in [0.2, 0.25) is 5.02 Å². The topological polar surface area (TPSA) is 149 Å². The van der Waals surface area contributed by atoms with Crippen LogP contribution in [-0.2, 0) is 14.4 Å². The van der Waals surface area contributed by atoms with Crippen molar-refractivity contribution in [2.24, 2.45) is 23.3 Å². The van der Waals surface area contributed by atoms with Gasteiger partial charge < -0.3 is 26.7 Å². The van der Waals surface area contributed by atoms with Crippen molar-refractivity contribution in [1.29, 1.82) is 0 Å². The minimum Gasteiger partial charge on any atom is -0.368 e. The van der Waals surface area contributed by atoms with Crippen LogP contribution in [0.5, 0.6) is 0 Å². The van der Waals surface area contributed by atoms with Gasteiger partial charge in [0.25, 0.3) is 5.91 Å². The molecule has 1 saturated carbocycles. The third kappa shape index (κ3) is 4.57. The molecule has 0 unspecified atom stereocenters. The lowest BCUT2D eigenvalue weighted by atomic mass is 9.97. The number of benzene rings is 1. The molecular weight excluding hydrogens is 434 g/mol. The largest absolute Gasteiger partial charge is 0.368 e. The summed E-state index contributed by atoms with van der Waals surface area (Å²) < 4.78 is 1.63. The number of nitrogens with one attached hydrogen (secondary N) is 2. The number of carbonyl (C=O) groups is 4. The molecule has 2 aromatic rings. The first-order valence-corrected chi connectivity index (χ1v) is 11.1. The molecule has 0 bridgehead atoms. The molecule has 1 aliphatic heterocycles. The summed E-state index contributed by atoms with van der Waals surface area (Å²) in [5.74, 6) is -2.00. The van der Waals surface area contributed by atoms with Gasteiger partial charge in [-0.05, 0) is 49.4 Å². The fourth-order valence-electron chi connectivity index (χ4n) is 4.40. The molecule has 1 saturated heterocycles. The van der Waals surface area contributed by atoms with Crippen molar-refractivity contribution in [3.8, 4) is 0 Å². The second-order valence-corrected chi connectivity index (χ2v) is 9.07. The van der Waals surface area contributed by atoms with Gasteiger partial charge in [0.15, 0.2) is 0 Å². The Morgan fingerprint density at radius 2 is 1.91 bits per heavy atom. The number of fused-ring (bicyclic) bond motifs is 1. The van der Waals surface area contributed by atoms with Crippen LogP contribution >= 0.6 is 11.6 Å². The van der Waals surface area contributed by atoms with Crippen LogP contribution in [0.25, 0.3) is 10.9 Å². The average Bonchev–Trinajstić information content (AvgIpc) is 3.35. The van der Waals surface area contributed by atoms with Gasteiger partial charge in [0.05, 0.1) is 0 Å². The Bertz CT molecular complexity index is 1090. The van der Waals surface area contributed by atoms with E-state index in [2.05, 4.69) is 10.6 Å². The van der Waals surface area contributed by atoms with E-state index in [1.165, 1.54) is 0 Å². The van der Waals surface area contributed by atoms with Crippen molar-refractivity contribution in [1.82, 2.24) is 15.2 Å². The lowest BCUT2D eigenvalue weighted by Gasteiger charge is -2.25. The third-order valence-electron chi connectivity index (χ3n) is 6.26. The summed E-state index contributed by atoms with van der Waals surface area (Å²) in [7, 11) is 0. The molecule has 170 valence electrons. The Kier molecular flexibility index (Phi) is 6.10. The van der Waals surface area contributed by atoms with E-state index in [0.717, 1.165) is 12.8 Å². The van der Waals surface area contributed by atoms with Gasteiger partial charge in [-0.2, -0.15) is 0 Å². The quantitative estimate of drug-likeness (QED) is 0.446. The number of amides is 4. The molecule has 32 heavy (non-hydrogen) atoms. The van der Waals surface area contributed by atoms with Crippen LogP contribution in [-0.4, -0.2) is 40.8 Å². The Balaban J connectivity index is 1.67. The summed E-state index contributed by atoms with van der Waals surface area (Å²) in [6.45, 7) is 0.535. The van der Waals surface area contributed by atoms with Crippen LogP contribution in [0.1, 0.15) is 48.6 Å². The van der Waals surface area contributed by atoms with Gasteiger partial charge in [-0.3, -0.25) is 19.2 Å². The summed E-state index contributed by atoms with van der Waals surface area (Å²) in [5, 5.41) is 6.64. The van der Waals surface area contributed by atoms with Crippen LogP contribution in [0, 0.1) is 11.8 Å². The zero-order valence-corrected chi connectivity index (χ0v) is 18.2. The van der Waals surface area contributed by atoms with Gasteiger partial charge in [-0.15, -0.1) is 0 Å². The van der Waals surface area contributed by atoms with Crippen LogP contribution in [0.4, 0.5) is 0 Å². The van der Waals surface area contributed by atoms with E-state index in [1.54, 1.807) is 28.8 Å². The second-order valence-electron chi connectivity index (χ2n) is 8.64. The first-order chi connectivity index (χ1) is 15.2. The molecular formula is C22H26ClN5O4. The molecule has 9 nitrogen and oxygen atoms in total. The van der Waals surface area contributed by atoms with Crippen molar-refractivity contribution in [2.75, 3.05) is 6.54 Å². The first-order valence-electron chi connectivity index (χ1n) is 10.7. The van der Waals surface area contributed by atoms with Gasteiger partial charge in [0.1, 0.15) is 17.8 Å². The van der Waals surface area contributed by atoms with E-state index >= 15 is 0 Å². The van der Waals surface area contributed by atoms with E-state index in [4.69, 9.17) is 23.1 Å². The zero-order chi connectivity index (χ0) is 23.0. The smallest absolute Gasteiger partial charge is 0.265 e. The normalized spacial score (nSPS) is 20.0. The van der Waals surface area contributed by atoms with Crippen molar-refractivity contribution in [3.63, 3.8) is 0 Å². The highest BCUT2D eigenvalue weighted by atomic mass is 35.5. The molecule has 3 atom stereocenters. The van der Waals surface area contributed by atoms with E-state index < -0.39 is 29.8 Å². The number of aromatic nitrogens is 1. The monoisotopic (exact) mass is 459 g/mol. The Morgan fingerprint density at radius 1 is 1.16 bits per heavy atom. The molecule has 4 rings (SSSR count). The Hall–Kier alpha value is -3.07. The maximum atomic E-state index is 13.4. The molecule has 2 aliphatic rings. The molecule has 1 aliphatic carbocycles. The molecule has 2 fully saturated rings. The molecule has 10 heteroatoms. The predicted octanol–water partition coefficient (Wildman–Crippen LogP) is 1.23. The lowest BCUT2D eigenvalue weighted by Crippen LogP contribution is -2.48. The van der Waals surface area contributed by atoms with Gasteiger partial charge in [-0.25, -0.2) is 0 Å². The fraction of sp³-hybridized carbons (Fsp3) is 0.455. The number of primary amides is 2. The van der Waals surface area contributed by atoms with E-state index in [1.807, 2.05) is 0 Å². The highest BCUT2D eigenvalue weighted by Gasteiger charge is 2.36. The molecule has 2 heterocycles. The number of halogens is 1. The SMILES string of the molecule is NC(=O)c1cc2cc(Cl)ccc2n1[C@@H](CC1CC1)C(=O)N[C@@H](C[C@@H]1CCNC1=O)C(N)=O. The number of hydrogen-bond donors (Lipinski definition) is 4. The van der Waals surface area contributed by atoms with Crippen LogP contribution in [0.3, 0.4) is 0 Å². The van der Waals surface area contributed by atoms with Gasteiger partial charge in [0, 0.05) is 28.4 Å². The average molecular weight is 460 g/mol. The molecule has 1 aromatic heterocycles. The lowest BCUT2D eigenvalue weighted by molar-refractivity contribution is -0.131. The van der Waals surface area contributed by atoms with Crippen molar-refractivity contribution < 1.29 is 19.2 Å². The Labute approximate surface area is 189 Å². The second kappa shape index (κ2) is 8.82. The number of nitrogens with two attached hydrogens (primary N) is 2. The number of carbonyl (C=O) groups excluding carboxylic acids is 4. The van der Waals surface area contributed by atoms with E-state index in [9.17, 15) is 19.2 Å². The van der Waals surface area contributed by atoms with Crippen molar-refractivity contribution in [3.05, 3.63) is 35.0 Å². The molecule has 6 N–H and O–H groups in total. The summed E-state index contributed by atoms with van der Waals surface area (Å²) >= 11 is 6.10. The first kappa shape index (κ1) is 22.1. The van der Waals surface area contributed by atoms with E-state index in [0.29, 0.717) is 41.2 Å². The molecule has 4 amide bonds. The van der Waals surface area contributed by atoms with Crippen molar-refractivity contribution in [2.45, 2.75) is 44.2 Å². The Morgan fingerprint density at radius 3 is 2.50 bits per heavy atom. The van der Waals surface area contributed by atoms with Gasteiger partial charge >= 0.3 is 0 Å². The summed E-state index contributed by atoms with van der Waals surface area (Å²) in [6.07, 6.45) is 3.19. The van der Waals surface area contributed by atoms with Crippen LogP contribution < -0.4 is 22.1 Å². The maximum Gasteiger partial charge on any atom is 0.265 e. The minimum absolute atomic E-state index is 0.133. The third-order valence-corrected chi connectivity index (χ3v) is 6.50. The van der Waals surface area contributed by atoms with Crippen LogP contribution in [0.15, 0.2) is 24.3 Å². The van der Waals surface area contributed by atoms with Gasteiger partial charge in [0.2, 0.25) is 17.7 Å². The predicted molar refractivity (Wildman–Crippen MR) is 119 cm³/mol. The maximum absolute atomic E-state index is 13.4. The summed E-state index contributed by atoms with van der Waals surface area (Å²) in [6, 6.07) is 4.99. The number of hydrogen-bond acceptors (Lipinski definition) is 4. The summed E-state index contributed by atoms with van der Waals surface area (Å²) in [4.78, 5) is 49.7. The van der Waals surface area contributed by atoms with Gasteiger partial charge in [-0.1, -0.05) is 24.4 Å². The zero-order valence-electron chi connectivity index (χ0n) is 17.5. The highest BCUT2D eigenvalue weighted by Crippen LogP contribution is 2.39.